The van der Waals surface area contributed by atoms with E-state index in [0.717, 1.165) is 37.3 Å². The van der Waals surface area contributed by atoms with Gasteiger partial charge in [-0.2, -0.15) is 0 Å². The lowest BCUT2D eigenvalue weighted by atomic mass is 9.97. The van der Waals surface area contributed by atoms with Gasteiger partial charge in [0.25, 0.3) is 0 Å². The molecule has 2 N–H and O–H groups in total. The average molecular weight is 477 g/mol. The van der Waals surface area contributed by atoms with Crippen LogP contribution in [-0.2, 0) is 11.3 Å². The highest BCUT2D eigenvalue weighted by molar-refractivity contribution is 6.15. The van der Waals surface area contributed by atoms with Crippen LogP contribution in [0.15, 0.2) is 97.1 Å². The van der Waals surface area contributed by atoms with Crippen molar-refractivity contribution in [3.63, 3.8) is 0 Å². The van der Waals surface area contributed by atoms with Gasteiger partial charge in [0.15, 0.2) is 0 Å². The molecule has 2 heterocycles. The largest absolute Gasteiger partial charge is 0.390 e. The predicted molar refractivity (Wildman–Crippen MR) is 148 cm³/mol. The molecule has 0 unspecified atom stereocenters. The van der Waals surface area contributed by atoms with E-state index in [1.165, 1.54) is 32.8 Å². The third-order valence-electron chi connectivity index (χ3n) is 7.23. The first-order valence-electron chi connectivity index (χ1n) is 12.9. The van der Waals surface area contributed by atoms with E-state index in [2.05, 4.69) is 107 Å². The van der Waals surface area contributed by atoms with Gasteiger partial charge < -0.3 is 19.7 Å². The summed E-state index contributed by atoms with van der Waals surface area (Å²) in [6.45, 7) is 2.66. The highest BCUT2D eigenvalue weighted by atomic mass is 16.5. The van der Waals surface area contributed by atoms with E-state index in [1.54, 1.807) is 0 Å². The van der Waals surface area contributed by atoms with Gasteiger partial charge in [-0.1, -0.05) is 97.1 Å². The van der Waals surface area contributed by atoms with Crippen molar-refractivity contribution in [3.8, 4) is 22.4 Å². The van der Waals surface area contributed by atoms with E-state index in [-0.39, 0.29) is 6.10 Å². The van der Waals surface area contributed by atoms with Gasteiger partial charge in [-0.25, -0.2) is 0 Å². The minimum Gasteiger partial charge on any atom is -0.390 e. The molecule has 0 amide bonds. The van der Waals surface area contributed by atoms with Crippen LogP contribution in [0.1, 0.15) is 12.8 Å². The highest BCUT2D eigenvalue weighted by Crippen LogP contribution is 2.43. The summed E-state index contributed by atoms with van der Waals surface area (Å²) >= 11 is 0. The average Bonchev–Trinajstić information content (AvgIpc) is 3.56. The van der Waals surface area contributed by atoms with Crippen molar-refractivity contribution >= 4 is 21.7 Å². The van der Waals surface area contributed by atoms with Gasteiger partial charge in [0.1, 0.15) is 0 Å². The van der Waals surface area contributed by atoms with Crippen molar-refractivity contribution in [2.45, 2.75) is 31.6 Å². The number of aliphatic hydroxyl groups excluding tert-OH is 1. The van der Waals surface area contributed by atoms with Crippen molar-refractivity contribution in [1.82, 2.24) is 9.88 Å². The van der Waals surface area contributed by atoms with E-state index in [4.69, 9.17) is 4.74 Å². The highest BCUT2D eigenvalue weighted by Gasteiger charge is 2.23. The Labute approximate surface area is 212 Å². The summed E-state index contributed by atoms with van der Waals surface area (Å²) in [5.41, 5.74) is 5.86. The Hall–Kier alpha value is -3.44. The number of nitrogens with zero attached hydrogens (tertiary/aromatic N) is 1. The van der Waals surface area contributed by atoms with Crippen LogP contribution in [0.2, 0.25) is 0 Å². The van der Waals surface area contributed by atoms with Crippen molar-refractivity contribution in [2.24, 2.45) is 0 Å². The molecule has 1 fully saturated rings. The second kappa shape index (κ2) is 10.3. The fraction of sp³-hybridized carbons (Fsp3) is 0.250. The lowest BCUT2D eigenvalue weighted by Crippen LogP contribution is -2.35. The molecule has 5 aromatic rings. The third-order valence-corrected chi connectivity index (χ3v) is 7.23. The van der Waals surface area contributed by atoms with Crippen LogP contribution in [0.4, 0.5) is 0 Å². The Kier molecular flexibility index (Phi) is 6.56. The molecular weight excluding hydrogens is 444 g/mol. The Morgan fingerprint density at radius 2 is 1.56 bits per heavy atom. The molecule has 4 aromatic carbocycles. The molecule has 6 rings (SSSR count). The van der Waals surface area contributed by atoms with Crippen molar-refractivity contribution in [3.05, 3.63) is 97.1 Å². The minimum atomic E-state index is -0.535. The number of nitrogens with one attached hydrogen (secondary N) is 1. The van der Waals surface area contributed by atoms with Crippen LogP contribution < -0.4 is 5.32 Å². The maximum absolute atomic E-state index is 11.2. The number of fused-ring (bicyclic) bond motifs is 3. The second-order valence-corrected chi connectivity index (χ2v) is 9.70. The summed E-state index contributed by atoms with van der Waals surface area (Å²) < 4.78 is 8.08. The first kappa shape index (κ1) is 23.0. The molecule has 1 aromatic heterocycles. The Morgan fingerprint density at radius 3 is 2.31 bits per heavy atom. The zero-order valence-electron chi connectivity index (χ0n) is 20.4. The maximum Gasteiger partial charge on any atom is 0.0843 e. The number of aliphatic hydroxyl groups is 1. The topological polar surface area (TPSA) is 46.4 Å². The van der Waals surface area contributed by atoms with Crippen LogP contribution in [0.3, 0.4) is 0 Å². The van der Waals surface area contributed by atoms with Crippen molar-refractivity contribution in [1.29, 1.82) is 0 Å². The predicted octanol–water partition coefficient (Wildman–Crippen LogP) is 6.26. The van der Waals surface area contributed by atoms with E-state index in [0.29, 0.717) is 13.1 Å². The summed E-state index contributed by atoms with van der Waals surface area (Å²) in [4.78, 5) is 0. The number of hydrogen-bond donors (Lipinski definition) is 2. The zero-order valence-corrected chi connectivity index (χ0v) is 20.4. The molecule has 2 atom stereocenters. The van der Waals surface area contributed by atoms with E-state index < -0.39 is 6.10 Å². The molecular formula is C32H32N2O2. The van der Waals surface area contributed by atoms with E-state index in [1.807, 2.05) is 0 Å². The molecule has 1 aliphatic heterocycles. The van der Waals surface area contributed by atoms with Gasteiger partial charge in [0.2, 0.25) is 0 Å². The second-order valence-electron chi connectivity index (χ2n) is 9.70. The van der Waals surface area contributed by atoms with Gasteiger partial charge in [-0.05, 0) is 29.4 Å². The molecule has 4 nitrogen and oxygen atoms in total. The summed E-state index contributed by atoms with van der Waals surface area (Å²) in [6.07, 6.45) is 1.95. The fourth-order valence-electron chi connectivity index (χ4n) is 5.59. The number of ether oxygens (including phenoxy) is 1. The quantitative estimate of drug-likeness (QED) is 0.278. The van der Waals surface area contributed by atoms with Gasteiger partial charge >= 0.3 is 0 Å². The maximum atomic E-state index is 11.2. The van der Waals surface area contributed by atoms with Crippen molar-refractivity contribution < 1.29 is 9.84 Å². The van der Waals surface area contributed by atoms with Crippen molar-refractivity contribution in [2.75, 3.05) is 19.7 Å². The molecule has 0 bridgehead atoms. The molecule has 1 saturated heterocycles. The van der Waals surface area contributed by atoms with Gasteiger partial charge in [-0.15, -0.1) is 0 Å². The normalized spacial score (nSPS) is 16.6. The molecule has 0 aliphatic carbocycles. The van der Waals surface area contributed by atoms with Crippen LogP contribution in [-0.4, -0.2) is 41.6 Å². The number of aromatic nitrogens is 1. The number of benzene rings is 4. The lowest BCUT2D eigenvalue weighted by Gasteiger charge is -2.19. The minimum absolute atomic E-state index is 0.262. The molecule has 1 aliphatic rings. The SMILES string of the molecule is O[C@@H](CNC[C@H]1CCCO1)Cn1c(-c2ccccc2)c(-c2ccccc2)c2ccc3ccccc3c21. The summed E-state index contributed by atoms with van der Waals surface area (Å²) in [5, 5.41) is 18.3. The number of hydrogen-bond acceptors (Lipinski definition) is 3. The molecule has 182 valence electrons. The van der Waals surface area contributed by atoms with Crippen LogP contribution >= 0.6 is 0 Å². The Morgan fingerprint density at radius 1 is 0.833 bits per heavy atom. The third kappa shape index (κ3) is 4.44. The smallest absolute Gasteiger partial charge is 0.0843 e. The molecule has 36 heavy (non-hydrogen) atoms. The summed E-state index contributed by atoms with van der Waals surface area (Å²) in [7, 11) is 0. The molecule has 0 saturated carbocycles. The van der Waals surface area contributed by atoms with Gasteiger partial charge in [0.05, 0.1) is 30.0 Å². The summed E-state index contributed by atoms with van der Waals surface area (Å²) in [6, 6.07) is 34.2. The van der Waals surface area contributed by atoms with Crippen LogP contribution in [0.5, 0.6) is 0 Å². The lowest BCUT2D eigenvalue weighted by molar-refractivity contribution is 0.101. The monoisotopic (exact) mass is 476 g/mol. The molecule has 0 spiro atoms. The first-order valence-corrected chi connectivity index (χ1v) is 12.9. The van der Waals surface area contributed by atoms with Crippen LogP contribution in [0, 0.1) is 0 Å². The van der Waals surface area contributed by atoms with Gasteiger partial charge in [-0.3, -0.25) is 0 Å². The molecule has 0 radical (unpaired) electrons. The Balaban J connectivity index is 1.50. The standard InChI is InChI=1S/C32H32N2O2/c35-26(20-33-21-27-15-9-19-36-27)22-34-31(25-13-5-2-6-14-25)30(24-11-3-1-4-12-24)29-18-17-23-10-7-8-16-28(23)32(29)34/h1-8,10-14,16-18,26-27,33,35H,9,15,19-22H2/t26-,27+/m0/s1. The van der Waals surface area contributed by atoms with Crippen LogP contribution in [0.25, 0.3) is 44.1 Å². The van der Waals surface area contributed by atoms with E-state index >= 15 is 0 Å². The molecule has 4 heteroatoms. The number of rotatable bonds is 8. The zero-order chi connectivity index (χ0) is 24.3. The first-order chi connectivity index (χ1) is 17.8. The van der Waals surface area contributed by atoms with Gasteiger partial charge in [0, 0.05) is 36.0 Å². The van der Waals surface area contributed by atoms with E-state index in [9.17, 15) is 5.11 Å². The summed E-state index contributed by atoms with van der Waals surface area (Å²) in [5.74, 6) is 0. The fourth-order valence-corrected chi connectivity index (χ4v) is 5.59. The Bertz CT molecular complexity index is 1450.